The molecule has 0 bridgehead atoms. The summed E-state index contributed by atoms with van der Waals surface area (Å²) in [6.45, 7) is 4.00. The molecule has 5 rings (SSSR count). The van der Waals surface area contributed by atoms with Gasteiger partial charge >= 0.3 is 6.03 Å². The average molecular weight is 499 g/mol. The predicted molar refractivity (Wildman–Crippen MR) is 137 cm³/mol. The number of nitrogens with one attached hydrogen (secondary N) is 2. The van der Waals surface area contributed by atoms with Crippen LogP contribution < -0.4 is 15.5 Å². The highest BCUT2D eigenvalue weighted by molar-refractivity contribution is 6.03. The zero-order valence-corrected chi connectivity index (χ0v) is 19.9. The fourth-order valence-electron chi connectivity index (χ4n) is 3.97. The third-order valence-corrected chi connectivity index (χ3v) is 5.68. The molecule has 0 saturated carbocycles. The monoisotopic (exact) mass is 498 g/mol. The number of anilines is 5. The van der Waals surface area contributed by atoms with Gasteiger partial charge in [0.15, 0.2) is 5.82 Å². The van der Waals surface area contributed by atoms with Crippen molar-refractivity contribution in [3.8, 4) is 0 Å². The smallest absolute Gasteiger partial charge is 0.322 e. The molecule has 0 fully saturated rings. The van der Waals surface area contributed by atoms with Gasteiger partial charge in [0.1, 0.15) is 5.82 Å². The molecule has 0 aliphatic carbocycles. The van der Waals surface area contributed by atoms with Crippen molar-refractivity contribution < 1.29 is 14.0 Å². The third kappa shape index (κ3) is 5.15. The van der Waals surface area contributed by atoms with E-state index in [4.69, 9.17) is 0 Å². The second kappa shape index (κ2) is 9.90. The van der Waals surface area contributed by atoms with E-state index in [0.29, 0.717) is 28.8 Å². The number of rotatable bonds is 7. The van der Waals surface area contributed by atoms with E-state index in [0.717, 1.165) is 11.1 Å². The van der Waals surface area contributed by atoms with Gasteiger partial charge in [0.25, 0.3) is 0 Å². The van der Waals surface area contributed by atoms with Crippen LogP contribution in [0.3, 0.4) is 0 Å². The molecule has 0 unspecified atom stereocenters. The number of carbonyl (C=O) groups is 2. The topological polar surface area (TPSA) is 108 Å². The summed E-state index contributed by atoms with van der Waals surface area (Å²) in [4.78, 5) is 37.8. The number of amides is 3. The summed E-state index contributed by atoms with van der Waals surface area (Å²) in [5.41, 5.74) is 3.20. The first kappa shape index (κ1) is 23.7. The first-order chi connectivity index (χ1) is 17.9. The van der Waals surface area contributed by atoms with Gasteiger partial charge in [-0.25, -0.2) is 19.1 Å². The summed E-state index contributed by atoms with van der Waals surface area (Å²) in [7, 11) is 1.80. The Morgan fingerprint density at radius 1 is 1.16 bits per heavy atom. The van der Waals surface area contributed by atoms with E-state index in [1.165, 1.54) is 23.1 Å². The van der Waals surface area contributed by atoms with Crippen molar-refractivity contribution in [1.82, 2.24) is 24.6 Å². The minimum absolute atomic E-state index is 0.262. The Kier molecular flexibility index (Phi) is 6.33. The van der Waals surface area contributed by atoms with Gasteiger partial charge in [-0.1, -0.05) is 24.8 Å². The standard InChI is InChI=1S/C26H23FN8O2/c1-3-23(36)30-20-5-4-6-22(11-20)35-24-18(12-28-25(32-24)31-21-13-29-33(2)16-21)15-34(26(35)37)14-17-7-9-19(27)10-8-17/h3-13,16H,1,14-15H2,2H3,(H,30,36)(H,28,31,32). The summed E-state index contributed by atoms with van der Waals surface area (Å²) in [6.07, 6.45) is 6.26. The largest absolute Gasteiger partial charge is 0.330 e. The molecule has 10 nitrogen and oxygen atoms in total. The lowest BCUT2D eigenvalue weighted by molar-refractivity contribution is -0.111. The van der Waals surface area contributed by atoms with Gasteiger partial charge < -0.3 is 15.5 Å². The van der Waals surface area contributed by atoms with Gasteiger partial charge in [-0.2, -0.15) is 10.1 Å². The van der Waals surface area contributed by atoms with E-state index < -0.39 is 0 Å². The first-order valence-electron chi connectivity index (χ1n) is 11.4. The molecule has 0 saturated heterocycles. The fraction of sp³-hybridized carbons (Fsp3) is 0.115. The van der Waals surface area contributed by atoms with Crippen molar-refractivity contribution >= 4 is 40.8 Å². The highest BCUT2D eigenvalue weighted by Crippen LogP contribution is 2.35. The van der Waals surface area contributed by atoms with Gasteiger partial charge in [-0.3, -0.25) is 9.48 Å². The number of nitrogens with zero attached hydrogens (tertiary/aromatic N) is 6. The molecule has 0 atom stereocenters. The number of urea groups is 1. The molecule has 1 aliphatic rings. The van der Waals surface area contributed by atoms with Crippen LogP contribution in [0.2, 0.25) is 0 Å². The van der Waals surface area contributed by atoms with Crippen molar-refractivity contribution in [3.05, 3.63) is 96.7 Å². The molecule has 0 spiro atoms. The number of hydrogen-bond donors (Lipinski definition) is 2. The summed E-state index contributed by atoms with van der Waals surface area (Å²) in [5, 5.41) is 9.95. The fourth-order valence-corrected chi connectivity index (χ4v) is 3.97. The highest BCUT2D eigenvalue weighted by Gasteiger charge is 2.33. The Labute approximate surface area is 212 Å². The number of aromatic nitrogens is 4. The van der Waals surface area contributed by atoms with E-state index in [2.05, 4.69) is 32.3 Å². The zero-order valence-electron chi connectivity index (χ0n) is 19.9. The van der Waals surface area contributed by atoms with Gasteiger partial charge in [-0.15, -0.1) is 0 Å². The molecule has 0 radical (unpaired) electrons. The van der Waals surface area contributed by atoms with Gasteiger partial charge in [0.05, 0.1) is 24.1 Å². The molecule has 2 aromatic carbocycles. The number of benzene rings is 2. The average Bonchev–Trinajstić information content (AvgIpc) is 3.30. The second-order valence-electron chi connectivity index (χ2n) is 8.41. The molecule has 2 aromatic heterocycles. The molecule has 3 amide bonds. The van der Waals surface area contributed by atoms with Crippen LogP contribution in [0.4, 0.5) is 38.0 Å². The van der Waals surface area contributed by atoms with E-state index in [9.17, 15) is 14.0 Å². The Hall–Kier alpha value is -5.06. The number of aryl methyl sites for hydroxylation is 1. The van der Waals surface area contributed by atoms with Crippen LogP contribution in [0.1, 0.15) is 11.1 Å². The molecule has 186 valence electrons. The van der Waals surface area contributed by atoms with E-state index >= 15 is 0 Å². The maximum absolute atomic E-state index is 13.8. The maximum Gasteiger partial charge on any atom is 0.330 e. The minimum atomic E-state index is -0.370. The van der Waals surface area contributed by atoms with Crippen LogP contribution >= 0.6 is 0 Å². The zero-order chi connectivity index (χ0) is 25.9. The molecule has 4 aromatic rings. The van der Waals surface area contributed by atoms with E-state index in [1.54, 1.807) is 71.6 Å². The van der Waals surface area contributed by atoms with Crippen molar-refractivity contribution in [2.24, 2.45) is 7.05 Å². The molecule has 3 heterocycles. The summed E-state index contributed by atoms with van der Waals surface area (Å²) >= 11 is 0. The van der Waals surface area contributed by atoms with Crippen molar-refractivity contribution in [1.29, 1.82) is 0 Å². The molecule has 2 N–H and O–H groups in total. The lowest BCUT2D eigenvalue weighted by Gasteiger charge is -2.36. The van der Waals surface area contributed by atoms with Crippen LogP contribution in [0, 0.1) is 5.82 Å². The van der Waals surface area contributed by atoms with Gasteiger partial charge in [0.2, 0.25) is 11.9 Å². The van der Waals surface area contributed by atoms with Crippen molar-refractivity contribution in [3.63, 3.8) is 0 Å². The Morgan fingerprint density at radius 3 is 2.70 bits per heavy atom. The molecule has 1 aliphatic heterocycles. The maximum atomic E-state index is 13.8. The molecule has 11 heteroatoms. The van der Waals surface area contributed by atoms with Crippen LogP contribution in [0.5, 0.6) is 0 Å². The number of halogens is 1. The van der Waals surface area contributed by atoms with Crippen LogP contribution in [0.25, 0.3) is 0 Å². The highest BCUT2D eigenvalue weighted by atomic mass is 19.1. The summed E-state index contributed by atoms with van der Waals surface area (Å²) in [6, 6.07) is 12.6. The first-order valence-corrected chi connectivity index (χ1v) is 11.4. The van der Waals surface area contributed by atoms with Crippen molar-refractivity contribution in [2.75, 3.05) is 15.5 Å². The predicted octanol–water partition coefficient (Wildman–Crippen LogP) is 4.49. The van der Waals surface area contributed by atoms with Crippen LogP contribution in [0.15, 0.2) is 79.8 Å². The molecule has 37 heavy (non-hydrogen) atoms. The number of fused-ring (bicyclic) bond motifs is 1. The lowest BCUT2D eigenvalue weighted by atomic mass is 10.1. The van der Waals surface area contributed by atoms with Gasteiger partial charge in [0, 0.05) is 37.2 Å². The minimum Gasteiger partial charge on any atom is -0.322 e. The van der Waals surface area contributed by atoms with Crippen LogP contribution in [-0.4, -0.2) is 36.6 Å². The molecular formula is C26H23FN8O2. The SMILES string of the molecule is C=CC(=O)Nc1cccc(N2C(=O)N(Cc3ccc(F)cc3)Cc3cnc(Nc4cnn(C)c4)nc32)c1. The summed E-state index contributed by atoms with van der Waals surface area (Å²) < 4.78 is 15.1. The Morgan fingerprint density at radius 2 is 1.97 bits per heavy atom. The van der Waals surface area contributed by atoms with Crippen LogP contribution in [-0.2, 0) is 24.9 Å². The van der Waals surface area contributed by atoms with Gasteiger partial charge in [-0.05, 0) is 42.0 Å². The van der Waals surface area contributed by atoms with Crippen molar-refractivity contribution in [2.45, 2.75) is 13.1 Å². The number of carbonyl (C=O) groups excluding carboxylic acids is 2. The quantitative estimate of drug-likeness (QED) is 0.364. The lowest BCUT2D eigenvalue weighted by Crippen LogP contribution is -2.45. The second-order valence-corrected chi connectivity index (χ2v) is 8.41. The van der Waals surface area contributed by atoms with E-state index in [1.807, 2.05) is 0 Å². The Bertz CT molecular complexity index is 1480. The summed E-state index contributed by atoms with van der Waals surface area (Å²) in [5.74, 6) is -0.00606. The normalized spacial score (nSPS) is 12.8. The number of hydrogen-bond acceptors (Lipinski definition) is 6. The molecular weight excluding hydrogens is 475 g/mol. The third-order valence-electron chi connectivity index (χ3n) is 5.68. The Balaban J connectivity index is 1.53. The van der Waals surface area contributed by atoms with E-state index in [-0.39, 0.29) is 30.8 Å².